The minimum absolute atomic E-state index is 0.245. The summed E-state index contributed by atoms with van der Waals surface area (Å²) in [5.74, 6) is -0.804. The summed E-state index contributed by atoms with van der Waals surface area (Å²) in [6, 6.07) is 4.61. The van der Waals surface area contributed by atoms with Crippen LogP contribution in [-0.4, -0.2) is 36.2 Å². The summed E-state index contributed by atoms with van der Waals surface area (Å²) in [5, 5.41) is 12.7. The lowest BCUT2D eigenvalue weighted by atomic mass is 10.2. The van der Waals surface area contributed by atoms with E-state index in [1.54, 1.807) is 12.1 Å². The molecular formula is C14H23FN2O. The Hall–Kier alpha value is -1.13. The maximum Gasteiger partial charge on any atom is 0.165 e. The third-order valence-electron chi connectivity index (χ3n) is 2.98. The van der Waals surface area contributed by atoms with Crippen molar-refractivity contribution in [2.75, 3.05) is 26.2 Å². The quantitative estimate of drug-likeness (QED) is 0.699. The molecule has 0 aliphatic heterocycles. The van der Waals surface area contributed by atoms with E-state index in [9.17, 15) is 9.50 Å². The van der Waals surface area contributed by atoms with E-state index in [2.05, 4.69) is 24.1 Å². The van der Waals surface area contributed by atoms with Gasteiger partial charge in [-0.2, -0.15) is 0 Å². The number of aromatic hydroxyl groups is 1. The van der Waals surface area contributed by atoms with Crippen molar-refractivity contribution in [1.82, 2.24) is 10.2 Å². The van der Waals surface area contributed by atoms with Gasteiger partial charge in [0.25, 0.3) is 0 Å². The van der Waals surface area contributed by atoms with E-state index in [0.717, 1.165) is 32.6 Å². The number of rotatable bonds is 8. The summed E-state index contributed by atoms with van der Waals surface area (Å²) in [6.45, 7) is 8.76. The van der Waals surface area contributed by atoms with Crippen molar-refractivity contribution >= 4 is 0 Å². The van der Waals surface area contributed by atoms with Gasteiger partial charge in [0.05, 0.1) is 0 Å². The van der Waals surface area contributed by atoms with Crippen molar-refractivity contribution in [3.63, 3.8) is 0 Å². The zero-order valence-electron chi connectivity index (χ0n) is 11.2. The van der Waals surface area contributed by atoms with Crippen LogP contribution in [0.25, 0.3) is 0 Å². The molecule has 0 saturated heterocycles. The lowest BCUT2D eigenvalue weighted by Crippen LogP contribution is -2.32. The standard InChI is InChI=1S/C14H23FN2O/c1-3-9-17(4-2)10-8-16-11-12-6-5-7-13(15)14(12)18/h5-7,16,18H,3-4,8-11H2,1-2H3. The second kappa shape index (κ2) is 8.06. The molecule has 0 unspecified atom stereocenters. The Labute approximate surface area is 109 Å². The molecule has 1 aromatic carbocycles. The van der Waals surface area contributed by atoms with Crippen molar-refractivity contribution < 1.29 is 9.50 Å². The van der Waals surface area contributed by atoms with E-state index in [1.807, 2.05) is 0 Å². The van der Waals surface area contributed by atoms with Gasteiger partial charge in [-0.25, -0.2) is 4.39 Å². The SMILES string of the molecule is CCCN(CC)CCNCc1cccc(F)c1O. The van der Waals surface area contributed by atoms with Gasteiger partial charge in [-0.05, 0) is 25.6 Å². The molecule has 0 amide bonds. The Morgan fingerprint density at radius 2 is 2.06 bits per heavy atom. The molecule has 0 aliphatic rings. The van der Waals surface area contributed by atoms with E-state index in [0.29, 0.717) is 12.1 Å². The summed E-state index contributed by atoms with van der Waals surface area (Å²) in [7, 11) is 0. The lowest BCUT2D eigenvalue weighted by Gasteiger charge is -2.19. The van der Waals surface area contributed by atoms with Gasteiger partial charge in [0.2, 0.25) is 0 Å². The lowest BCUT2D eigenvalue weighted by molar-refractivity contribution is 0.287. The van der Waals surface area contributed by atoms with Crippen LogP contribution in [0.3, 0.4) is 0 Å². The second-order valence-electron chi connectivity index (χ2n) is 4.36. The largest absolute Gasteiger partial charge is 0.505 e. The van der Waals surface area contributed by atoms with Gasteiger partial charge in [-0.15, -0.1) is 0 Å². The predicted molar refractivity (Wildman–Crippen MR) is 72.2 cm³/mol. The first-order chi connectivity index (χ1) is 8.69. The van der Waals surface area contributed by atoms with Crippen molar-refractivity contribution in [2.24, 2.45) is 0 Å². The van der Waals surface area contributed by atoms with Crippen LogP contribution in [0.4, 0.5) is 4.39 Å². The normalized spacial score (nSPS) is 11.1. The van der Waals surface area contributed by atoms with Crippen LogP contribution >= 0.6 is 0 Å². The summed E-state index contributed by atoms with van der Waals surface area (Å²) in [4.78, 5) is 2.36. The molecule has 0 bridgehead atoms. The molecule has 0 atom stereocenters. The fourth-order valence-corrected chi connectivity index (χ4v) is 1.91. The number of likely N-dealkylation sites (N-methyl/N-ethyl adjacent to an activating group) is 1. The highest BCUT2D eigenvalue weighted by Crippen LogP contribution is 2.19. The monoisotopic (exact) mass is 254 g/mol. The Morgan fingerprint density at radius 1 is 1.28 bits per heavy atom. The van der Waals surface area contributed by atoms with Crippen molar-refractivity contribution in [3.8, 4) is 5.75 Å². The van der Waals surface area contributed by atoms with Crippen LogP contribution in [0.1, 0.15) is 25.8 Å². The summed E-state index contributed by atoms with van der Waals surface area (Å²) >= 11 is 0. The van der Waals surface area contributed by atoms with Gasteiger partial charge in [-0.1, -0.05) is 26.0 Å². The molecule has 3 nitrogen and oxygen atoms in total. The van der Waals surface area contributed by atoms with E-state index in [4.69, 9.17) is 0 Å². The Kier molecular flexibility index (Phi) is 6.68. The fourth-order valence-electron chi connectivity index (χ4n) is 1.91. The highest BCUT2D eigenvalue weighted by Gasteiger charge is 2.06. The molecule has 102 valence electrons. The van der Waals surface area contributed by atoms with Gasteiger partial charge in [0.1, 0.15) is 0 Å². The van der Waals surface area contributed by atoms with Crippen LogP contribution in [0, 0.1) is 5.82 Å². The van der Waals surface area contributed by atoms with Gasteiger partial charge in [0, 0.05) is 25.2 Å². The molecule has 0 saturated carbocycles. The van der Waals surface area contributed by atoms with Crippen molar-refractivity contribution in [3.05, 3.63) is 29.6 Å². The molecule has 0 heterocycles. The molecule has 0 aromatic heterocycles. The highest BCUT2D eigenvalue weighted by molar-refractivity contribution is 5.33. The summed E-state index contributed by atoms with van der Waals surface area (Å²) in [6.07, 6.45) is 1.15. The molecule has 0 radical (unpaired) electrons. The molecule has 2 N–H and O–H groups in total. The number of hydrogen-bond donors (Lipinski definition) is 2. The summed E-state index contributed by atoms with van der Waals surface area (Å²) in [5.41, 5.74) is 0.605. The molecule has 0 aliphatic carbocycles. The topological polar surface area (TPSA) is 35.5 Å². The number of nitrogens with one attached hydrogen (secondary N) is 1. The zero-order valence-corrected chi connectivity index (χ0v) is 11.2. The number of phenols is 1. The maximum absolute atomic E-state index is 13.1. The van der Waals surface area contributed by atoms with Gasteiger partial charge < -0.3 is 15.3 Å². The molecule has 18 heavy (non-hydrogen) atoms. The minimum Gasteiger partial charge on any atom is -0.505 e. The third kappa shape index (κ3) is 4.63. The number of para-hydroxylation sites is 1. The maximum atomic E-state index is 13.1. The van der Waals surface area contributed by atoms with E-state index in [-0.39, 0.29) is 5.75 Å². The van der Waals surface area contributed by atoms with Crippen molar-refractivity contribution in [1.29, 1.82) is 0 Å². The van der Waals surface area contributed by atoms with Crippen LogP contribution in [0.2, 0.25) is 0 Å². The van der Waals surface area contributed by atoms with E-state index < -0.39 is 5.82 Å². The van der Waals surface area contributed by atoms with Crippen LogP contribution < -0.4 is 5.32 Å². The van der Waals surface area contributed by atoms with Gasteiger partial charge in [0.15, 0.2) is 11.6 Å². The van der Waals surface area contributed by atoms with Gasteiger partial charge >= 0.3 is 0 Å². The fraction of sp³-hybridized carbons (Fsp3) is 0.571. The Morgan fingerprint density at radius 3 is 2.72 bits per heavy atom. The number of phenolic OH excluding ortho intramolecular Hbond substituents is 1. The molecule has 0 fully saturated rings. The van der Waals surface area contributed by atoms with Crippen LogP contribution in [0.5, 0.6) is 5.75 Å². The third-order valence-corrected chi connectivity index (χ3v) is 2.98. The van der Waals surface area contributed by atoms with E-state index in [1.165, 1.54) is 6.07 Å². The number of halogens is 1. The zero-order chi connectivity index (χ0) is 13.4. The second-order valence-corrected chi connectivity index (χ2v) is 4.36. The minimum atomic E-state index is -0.560. The predicted octanol–water partition coefficient (Wildman–Crippen LogP) is 2.35. The van der Waals surface area contributed by atoms with Crippen molar-refractivity contribution in [2.45, 2.75) is 26.8 Å². The highest BCUT2D eigenvalue weighted by atomic mass is 19.1. The number of hydrogen-bond acceptors (Lipinski definition) is 3. The first-order valence-corrected chi connectivity index (χ1v) is 6.58. The molecule has 1 rings (SSSR count). The van der Waals surface area contributed by atoms with E-state index >= 15 is 0 Å². The Balaban J connectivity index is 2.31. The molecular weight excluding hydrogens is 231 g/mol. The molecule has 1 aromatic rings. The summed E-state index contributed by atoms with van der Waals surface area (Å²) < 4.78 is 13.1. The smallest absolute Gasteiger partial charge is 0.165 e. The van der Waals surface area contributed by atoms with Gasteiger partial charge in [-0.3, -0.25) is 0 Å². The number of benzene rings is 1. The average molecular weight is 254 g/mol. The number of nitrogens with zero attached hydrogens (tertiary/aromatic N) is 1. The Bertz CT molecular complexity index is 358. The average Bonchev–Trinajstić information content (AvgIpc) is 2.38. The first-order valence-electron chi connectivity index (χ1n) is 6.58. The van der Waals surface area contributed by atoms with Crippen LogP contribution in [0.15, 0.2) is 18.2 Å². The molecule has 4 heteroatoms. The molecule has 0 spiro atoms. The first kappa shape index (κ1) is 14.9. The van der Waals surface area contributed by atoms with Crippen LogP contribution in [-0.2, 0) is 6.54 Å².